The topological polar surface area (TPSA) is 31.1 Å². The zero-order valence-electron chi connectivity index (χ0n) is 23.4. The predicted octanol–water partition coefficient (Wildman–Crippen LogP) is 11.4. The summed E-state index contributed by atoms with van der Waals surface area (Å²) >= 11 is 0. The molecule has 0 saturated carbocycles. The second-order valence-corrected chi connectivity index (χ2v) is 11.2. The molecule has 0 atom stereocenters. The van der Waals surface area contributed by atoms with Crippen LogP contribution >= 0.6 is 0 Å². The lowest BCUT2D eigenvalue weighted by molar-refractivity contribution is 1.30. The summed E-state index contributed by atoms with van der Waals surface area (Å²) in [7, 11) is 0. The Labute approximate surface area is 249 Å². The van der Waals surface area contributed by atoms with Crippen molar-refractivity contribution in [1.82, 2.24) is 4.98 Å². The molecular weight excluding hydrogens is 522 g/mol. The molecule has 0 radical (unpaired) electrons. The van der Waals surface area contributed by atoms with E-state index in [0.717, 1.165) is 33.8 Å². The SMILES string of the molecule is c1ccc(Nc2ccc3[nH]c4ccc(N(c5ccccc5)c5ccc6ccc7cccc8ccc5c6c78)cc4c3c2)cc1. The zero-order valence-corrected chi connectivity index (χ0v) is 23.4. The number of nitrogens with one attached hydrogen (secondary N) is 2. The van der Waals surface area contributed by atoms with E-state index in [1.165, 1.54) is 48.8 Å². The molecule has 43 heavy (non-hydrogen) atoms. The summed E-state index contributed by atoms with van der Waals surface area (Å²) in [6, 6.07) is 54.5. The van der Waals surface area contributed by atoms with Gasteiger partial charge in [0.2, 0.25) is 0 Å². The van der Waals surface area contributed by atoms with Crippen molar-refractivity contribution in [2.24, 2.45) is 0 Å². The fourth-order valence-corrected chi connectivity index (χ4v) is 6.71. The van der Waals surface area contributed by atoms with Crippen LogP contribution in [0.1, 0.15) is 0 Å². The molecule has 2 N–H and O–H groups in total. The smallest absolute Gasteiger partial charge is 0.0540 e. The van der Waals surface area contributed by atoms with Crippen LogP contribution in [0.4, 0.5) is 28.4 Å². The minimum atomic E-state index is 1.07. The van der Waals surface area contributed by atoms with E-state index >= 15 is 0 Å². The molecule has 0 bridgehead atoms. The maximum absolute atomic E-state index is 3.63. The number of anilines is 5. The van der Waals surface area contributed by atoms with Crippen LogP contribution in [0.3, 0.4) is 0 Å². The quantitative estimate of drug-likeness (QED) is 0.209. The van der Waals surface area contributed by atoms with Gasteiger partial charge in [-0.15, -0.1) is 0 Å². The summed E-state index contributed by atoms with van der Waals surface area (Å²) in [5.41, 5.74) is 7.81. The Hall–Kier alpha value is -5.80. The van der Waals surface area contributed by atoms with Crippen molar-refractivity contribution < 1.29 is 0 Å². The Bertz CT molecular complexity index is 2410. The maximum atomic E-state index is 3.63. The van der Waals surface area contributed by atoms with Gasteiger partial charge in [-0.2, -0.15) is 0 Å². The van der Waals surface area contributed by atoms with Gasteiger partial charge in [-0.1, -0.05) is 84.9 Å². The molecule has 0 aliphatic carbocycles. The van der Waals surface area contributed by atoms with Gasteiger partial charge in [-0.05, 0) is 93.7 Å². The molecule has 1 heterocycles. The monoisotopic (exact) mass is 549 g/mol. The van der Waals surface area contributed by atoms with E-state index in [1.54, 1.807) is 0 Å². The average Bonchev–Trinajstić information content (AvgIpc) is 3.43. The first-order chi connectivity index (χ1) is 21.3. The van der Waals surface area contributed by atoms with Gasteiger partial charge in [-0.25, -0.2) is 0 Å². The second-order valence-electron chi connectivity index (χ2n) is 11.2. The first kappa shape index (κ1) is 23.9. The molecule has 8 aromatic carbocycles. The molecule has 1 aromatic heterocycles. The lowest BCUT2D eigenvalue weighted by Crippen LogP contribution is -2.10. The number of hydrogen-bond donors (Lipinski definition) is 2. The number of benzene rings is 8. The molecule has 202 valence electrons. The third-order valence-electron chi connectivity index (χ3n) is 8.66. The van der Waals surface area contributed by atoms with E-state index in [0.29, 0.717) is 0 Å². The lowest BCUT2D eigenvalue weighted by Gasteiger charge is -2.27. The summed E-state index contributed by atoms with van der Waals surface area (Å²) in [5.74, 6) is 0. The second kappa shape index (κ2) is 9.37. The molecule has 0 saturated heterocycles. The van der Waals surface area contributed by atoms with Crippen molar-refractivity contribution in [2.75, 3.05) is 10.2 Å². The van der Waals surface area contributed by atoms with E-state index < -0.39 is 0 Å². The number of para-hydroxylation sites is 2. The highest BCUT2D eigenvalue weighted by Gasteiger charge is 2.19. The van der Waals surface area contributed by atoms with Crippen molar-refractivity contribution in [2.45, 2.75) is 0 Å². The summed E-state index contributed by atoms with van der Waals surface area (Å²) in [4.78, 5) is 6.03. The standard InChI is InChI=1S/C40H27N3/c1-3-10-29(11-4-1)41-30-18-21-36-34(24-30)35-25-32(19-22-37(35)42-36)43(31-12-5-2-6-13-31)38-23-17-28-15-14-26-8-7-9-27-16-20-33(38)40(28)39(26)27/h1-25,41-42H. The number of fused-ring (bicyclic) bond motifs is 3. The van der Waals surface area contributed by atoms with Crippen LogP contribution < -0.4 is 10.2 Å². The van der Waals surface area contributed by atoms with Crippen LogP contribution in [-0.2, 0) is 0 Å². The fraction of sp³-hybridized carbons (Fsp3) is 0. The molecule has 0 unspecified atom stereocenters. The van der Waals surface area contributed by atoms with Crippen LogP contribution in [0.25, 0.3) is 54.1 Å². The third-order valence-corrected chi connectivity index (χ3v) is 8.66. The number of H-pyrrole nitrogens is 1. The molecule has 0 aliphatic rings. The molecular formula is C40H27N3. The minimum Gasteiger partial charge on any atom is -0.356 e. The molecule has 0 fully saturated rings. The van der Waals surface area contributed by atoms with E-state index in [2.05, 4.69) is 161 Å². The van der Waals surface area contributed by atoms with Gasteiger partial charge in [-0.3, -0.25) is 0 Å². The van der Waals surface area contributed by atoms with Crippen molar-refractivity contribution >= 4 is 82.6 Å². The highest BCUT2D eigenvalue weighted by molar-refractivity contribution is 6.26. The normalized spacial score (nSPS) is 11.7. The highest BCUT2D eigenvalue weighted by atomic mass is 15.1. The molecule has 3 heteroatoms. The average molecular weight is 550 g/mol. The number of aromatic amines is 1. The highest BCUT2D eigenvalue weighted by Crippen LogP contribution is 2.44. The van der Waals surface area contributed by atoms with Gasteiger partial charge in [0.05, 0.1) is 5.69 Å². The Balaban J connectivity index is 1.26. The van der Waals surface area contributed by atoms with Crippen molar-refractivity contribution in [1.29, 1.82) is 0 Å². The summed E-state index contributed by atoms with van der Waals surface area (Å²) in [5, 5.41) is 13.7. The Morgan fingerprint density at radius 2 is 1.07 bits per heavy atom. The molecule has 9 aromatic rings. The zero-order chi connectivity index (χ0) is 28.3. The van der Waals surface area contributed by atoms with Gasteiger partial charge >= 0.3 is 0 Å². The first-order valence-electron chi connectivity index (χ1n) is 14.7. The number of rotatable bonds is 5. The summed E-state index contributed by atoms with van der Waals surface area (Å²) in [6.07, 6.45) is 0. The van der Waals surface area contributed by atoms with Gasteiger partial charge < -0.3 is 15.2 Å². The number of hydrogen-bond acceptors (Lipinski definition) is 2. The van der Waals surface area contributed by atoms with E-state index in [1.807, 2.05) is 6.07 Å². The molecule has 0 amide bonds. The van der Waals surface area contributed by atoms with Crippen LogP contribution in [-0.4, -0.2) is 4.98 Å². The van der Waals surface area contributed by atoms with Gasteiger partial charge in [0.1, 0.15) is 0 Å². The third kappa shape index (κ3) is 3.83. The van der Waals surface area contributed by atoms with E-state index in [9.17, 15) is 0 Å². The Kier molecular flexibility index (Phi) is 5.20. The minimum absolute atomic E-state index is 1.07. The Morgan fingerprint density at radius 1 is 0.419 bits per heavy atom. The Morgan fingerprint density at radius 3 is 1.86 bits per heavy atom. The lowest BCUT2D eigenvalue weighted by atomic mass is 9.93. The van der Waals surface area contributed by atoms with E-state index in [4.69, 9.17) is 0 Å². The molecule has 3 nitrogen and oxygen atoms in total. The van der Waals surface area contributed by atoms with Crippen molar-refractivity contribution in [3.05, 3.63) is 152 Å². The van der Waals surface area contributed by atoms with Gasteiger partial charge in [0.25, 0.3) is 0 Å². The molecule has 9 rings (SSSR count). The fourth-order valence-electron chi connectivity index (χ4n) is 6.71. The van der Waals surface area contributed by atoms with Crippen LogP contribution in [0, 0.1) is 0 Å². The summed E-state index contributed by atoms with van der Waals surface area (Å²) in [6.45, 7) is 0. The van der Waals surface area contributed by atoms with Crippen LogP contribution in [0.5, 0.6) is 0 Å². The van der Waals surface area contributed by atoms with Crippen LogP contribution in [0.2, 0.25) is 0 Å². The van der Waals surface area contributed by atoms with Gasteiger partial charge in [0, 0.05) is 49.9 Å². The van der Waals surface area contributed by atoms with Crippen molar-refractivity contribution in [3.8, 4) is 0 Å². The maximum Gasteiger partial charge on any atom is 0.0540 e. The first-order valence-corrected chi connectivity index (χ1v) is 14.7. The number of nitrogens with zero attached hydrogens (tertiary/aromatic N) is 1. The number of aromatic nitrogens is 1. The molecule has 0 spiro atoms. The summed E-state index contributed by atoms with van der Waals surface area (Å²) < 4.78 is 0. The largest absolute Gasteiger partial charge is 0.356 e. The van der Waals surface area contributed by atoms with Crippen molar-refractivity contribution in [3.63, 3.8) is 0 Å². The predicted molar refractivity (Wildman–Crippen MR) is 184 cm³/mol. The molecule has 0 aliphatic heterocycles. The van der Waals surface area contributed by atoms with E-state index in [-0.39, 0.29) is 0 Å². The van der Waals surface area contributed by atoms with Gasteiger partial charge in [0.15, 0.2) is 0 Å². The van der Waals surface area contributed by atoms with Crippen LogP contribution in [0.15, 0.2) is 152 Å².